The number of thioether (sulfide) groups is 1. The van der Waals surface area contributed by atoms with Crippen LogP contribution in [0, 0.1) is 12.8 Å². The van der Waals surface area contributed by atoms with Crippen LogP contribution < -0.4 is 10.2 Å². The molecular weight excluding hydrogens is 404 g/mol. The van der Waals surface area contributed by atoms with Gasteiger partial charge in [0.15, 0.2) is 4.34 Å². The second kappa shape index (κ2) is 8.58. The van der Waals surface area contributed by atoms with Gasteiger partial charge in [0.2, 0.25) is 16.9 Å². The van der Waals surface area contributed by atoms with Crippen LogP contribution in [0.5, 0.6) is 0 Å². The molecule has 2 unspecified atom stereocenters. The van der Waals surface area contributed by atoms with Crippen molar-refractivity contribution in [3.63, 3.8) is 0 Å². The van der Waals surface area contributed by atoms with Crippen LogP contribution in [0.15, 0.2) is 22.5 Å². The highest BCUT2D eigenvalue weighted by Gasteiger charge is 2.35. The van der Waals surface area contributed by atoms with Crippen molar-refractivity contribution in [1.29, 1.82) is 0 Å². The summed E-state index contributed by atoms with van der Waals surface area (Å²) in [5, 5.41) is 12.5. The Morgan fingerprint density at radius 3 is 2.96 bits per heavy atom. The number of aryl methyl sites for hydroxylation is 1. The van der Waals surface area contributed by atoms with Crippen LogP contribution >= 0.6 is 34.7 Å². The fourth-order valence-corrected chi connectivity index (χ4v) is 4.83. The molecule has 2 amide bonds. The number of carbonyl (C=O) groups excluding carboxylic acids is 2. The molecule has 144 valence electrons. The van der Waals surface area contributed by atoms with E-state index in [0.29, 0.717) is 27.6 Å². The molecule has 1 aromatic carbocycles. The summed E-state index contributed by atoms with van der Waals surface area (Å²) in [5.41, 5.74) is 1.66. The Bertz CT molecular complexity index is 858. The zero-order valence-corrected chi connectivity index (χ0v) is 17.7. The lowest BCUT2D eigenvalue weighted by Crippen LogP contribution is -2.28. The lowest BCUT2D eigenvalue weighted by molar-refractivity contribution is -0.122. The van der Waals surface area contributed by atoms with E-state index in [1.165, 1.54) is 11.3 Å². The summed E-state index contributed by atoms with van der Waals surface area (Å²) < 4.78 is 0.832. The number of benzene rings is 1. The number of nitrogens with one attached hydrogen (secondary N) is 1. The Balaban J connectivity index is 1.63. The quantitative estimate of drug-likeness (QED) is 0.550. The van der Waals surface area contributed by atoms with Crippen molar-refractivity contribution in [2.45, 2.75) is 43.2 Å². The summed E-state index contributed by atoms with van der Waals surface area (Å²) in [4.78, 5) is 26.5. The maximum Gasteiger partial charge on any atom is 0.231 e. The van der Waals surface area contributed by atoms with Crippen molar-refractivity contribution in [3.05, 3.63) is 28.8 Å². The third-order valence-electron chi connectivity index (χ3n) is 4.48. The lowest BCUT2D eigenvalue weighted by atomic mass is 10.1. The minimum Gasteiger partial charge on any atom is -0.312 e. The summed E-state index contributed by atoms with van der Waals surface area (Å²) in [5.74, 6) is -0.715. The van der Waals surface area contributed by atoms with Crippen LogP contribution in [0.3, 0.4) is 0 Å². The van der Waals surface area contributed by atoms with E-state index >= 15 is 0 Å². The molecule has 9 heteroatoms. The predicted octanol–water partition coefficient (Wildman–Crippen LogP) is 4.38. The number of hydrogen-bond acceptors (Lipinski definition) is 6. The largest absolute Gasteiger partial charge is 0.312 e. The fraction of sp³-hybridized carbons (Fsp3) is 0.444. The summed E-state index contributed by atoms with van der Waals surface area (Å²) in [6.07, 6.45) is 1.21. The average molecular weight is 425 g/mol. The van der Waals surface area contributed by atoms with E-state index in [4.69, 9.17) is 11.6 Å². The Labute approximate surface area is 171 Å². The van der Waals surface area contributed by atoms with E-state index in [0.717, 1.165) is 16.3 Å². The van der Waals surface area contributed by atoms with Gasteiger partial charge in [-0.2, -0.15) is 0 Å². The standard InChI is InChI=1S/C18H21ClN4O2S2/c1-4-11(3)26-18-22-21-17(27-18)20-16(25)12-7-15(24)23(9-12)13-6-5-10(2)14(19)8-13/h5-6,8,11-12H,4,7,9H2,1-3H3,(H,20,21,25). The molecule has 1 N–H and O–H groups in total. The lowest BCUT2D eigenvalue weighted by Gasteiger charge is -2.17. The summed E-state index contributed by atoms with van der Waals surface area (Å²) in [6, 6.07) is 5.48. The van der Waals surface area contributed by atoms with Crippen molar-refractivity contribution in [1.82, 2.24) is 10.2 Å². The molecule has 0 spiro atoms. The molecular formula is C18H21ClN4O2S2. The van der Waals surface area contributed by atoms with Crippen molar-refractivity contribution in [2.75, 3.05) is 16.8 Å². The second-order valence-electron chi connectivity index (χ2n) is 6.54. The van der Waals surface area contributed by atoms with Crippen LogP contribution in [0.4, 0.5) is 10.8 Å². The van der Waals surface area contributed by atoms with Gasteiger partial charge in [-0.1, -0.05) is 54.6 Å². The summed E-state index contributed by atoms with van der Waals surface area (Å²) >= 11 is 9.16. The second-order valence-corrected chi connectivity index (χ2v) is 9.61. The topological polar surface area (TPSA) is 75.2 Å². The van der Waals surface area contributed by atoms with E-state index in [1.54, 1.807) is 22.7 Å². The molecule has 1 fully saturated rings. The van der Waals surface area contributed by atoms with Gasteiger partial charge in [0, 0.05) is 28.9 Å². The Morgan fingerprint density at radius 2 is 2.26 bits per heavy atom. The molecule has 3 rings (SSSR count). The minimum absolute atomic E-state index is 0.0830. The van der Waals surface area contributed by atoms with Crippen molar-refractivity contribution in [2.24, 2.45) is 5.92 Å². The number of aromatic nitrogens is 2. The van der Waals surface area contributed by atoms with Gasteiger partial charge in [0.1, 0.15) is 0 Å². The molecule has 0 bridgehead atoms. The Kier molecular flexibility index (Phi) is 6.39. The van der Waals surface area contributed by atoms with Crippen LogP contribution in [0.2, 0.25) is 5.02 Å². The molecule has 2 heterocycles. The van der Waals surface area contributed by atoms with Gasteiger partial charge in [0.05, 0.1) is 5.92 Å². The van der Waals surface area contributed by atoms with Gasteiger partial charge < -0.3 is 10.2 Å². The number of rotatable bonds is 6. The molecule has 0 saturated carbocycles. The van der Waals surface area contributed by atoms with E-state index in [9.17, 15) is 9.59 Å². The predicted molar refractivity (Wildman–Crippen MR) is 111 cm³/mol. The number of nitrogens with zero attached hydrogens (tertiary/aromatic N) is 3. The van der Waals surface area contributed by atoms with Crippen LogP contribution in [-0.4, -0.2) is 33.8 Å². The van der Waals surface area contributed by atoms with Gasteiger partial charge in [-0.25, -0.2) is 0 Å². The SMILES string of the molecule is CCC(C)Sc1nnc(NC(=O)C2CC(=O)N(c3ccc(C)c(Cl)c3)C2)s1. The monoisotopic (exact) mass is 424 g/mol. The number of halogens is 1. The normalized spacial score (nSPS) is 18.0. The number of hydrogen-bond donors (Lipinski definition) is 1. The van der Waals surface area contributed by atoms with Crippen LogP contribution in [0.1, 0.15) is 32.3 Å². The van der Waals surface area contributed by atoms with E-state index in [2.05, 4.69) is 29.4 Å². The molecule has 6 nitrogen and oxygen atoms in total. The molecule has 1 saturated heterocycles. The molecule has 27 heavy (non-hydrogen) atoms. The highest BCUT2D eigenvalue weighted by Crippen LogP contribution is 2.32. The third-order valence-corrected chi connectivity index (χ3v) is 7.07. The zero-order chi connectivity index (χ0) is 19.6. The highest BCUT2D eigenvalue weighted by atomic mass is 35.5. The Morgan fingerprint density at radius 1 is 1.48 bits per heavy atom. The number of anilines is 2. The molecule has 0 aliphatic carbocycles. The molecule has 2 atom stereocenters. The first-order valence-corrected chi connectivity index (χ1v) is 10.8. The van der Waals surface area contributed by atoms with Crippen molar-refractivity contribution < 1.29 is 9.59 Å². The molecule has 1 aromatic heterocycles. The molecule has 1 aliphatic heterocycles. The first-order valence-electron chi connectivity index (χ1n) is 8.75. The smallest absolute Gasteiger partial charge is 0.231 e. The maximum absolute atomic E-state index is 12.6. The van der Waals surface area contributed by atoms with Crippen LogP contribution in [0.25, 0.3) is 0 Å². The Hall–Kier alpha value is -1.64. The van der Waals surface area contributed by atoms with E-state index in [-0.39, 0.29) is 18.2 Å². The molecule has 2 aromatic rings. The third kappa shape index (κ3) is 4.80. The van der Waals surface area contributed by atoms with Gasteiger partial charge in [-0.15, -0.1) is 10.2 Å². The van der Waals surface area contributed by atoms with Gasteiger partial charge in [0.25, 0.3) is 0 Å². The average Bonchev–Trinajstić information content (AvgIpc) is 3.23. The minimum atomic E-state index is -0.424. The van der Waals surface area contributed by atoms with Gasteiger partial charge in [-0.3, -0.25) is 9.59 Å². The maximum atomic E-state index is 12.6. The van der Waals surface area contributed by atoms with Crippen molar-refractivity contribution in [3.8, 4) is 0 Å². The van der Waals surface area contributed by atoms with Crippen molar-refractivity contribution >= 4 is 57.3 Å². The van der Waals surface area contributed by atoms with Crippen LogP contribution in [-0.2, 0) is 9.59 Å². The molecule has 1 aliphatic rings. The summed E-state index contributed by atoms with van der Waals surface area (Å²) in [7, 11) is 0. The van der Waals surface area contributed by atoms with E-state index in [1.807, 2.05) is 19.1 Å². The highest BCUT2D eigenvalue weighted by molar-refractivity contribution is 8.01. The molecule has 0 radical (unpaired) electrons. The fourth-order valence-electron chi connectivity index (χ4n) is 2.65. The summed E-state index contributed by atoms with van der Waals surface area (Å²) in [6.45, 7) is 6.48. The zero-order valence-electron chi connectivity index (χ0n) is 15.4. The van der Waals surface area contributed by atoms with Gasteiger partial charge in [-0.05, 0) is 31.0 Å². The van der Waals surface area contributed by atoms with E-state index < -0.39 is 5.92 Å². The number of carbonyl (C=O) groups is 2. The first-order chi connectivity index (χ1) is 12.9. The number of amides is 2. The first kappa shape index (κ1) is 20.1. The van der Waals surface area contributed by atoms with Gasteiger partial charge >= 0.3 is 0 Å².